The van der Waals surface area contributed by atoms with Crippen LogP contribution in [-0.4, -0.2) is 17.7 Å². The van der Waals surface area contributed by atoms with E-state index in [1.807, 2.05) is 0 Å². The minimum Gasteiger partial charge on any atom is -0.366 e. The van der Waals surface area contributed by atoms with Crippen molar-refractivity contribution in [2.75, 3.05) is 5.32 Å². The first-order chi connectivity index (χ1) is 7.02. The monoisotopic (exact) mass is 207 g/mol. The Morgan fingerprint density at radius 2 is 1.67 bits per heavy atom. The van der Waals surface area contributed by atoms with E-state index in [-0.39, 0.29) is 11.3 Å². The second kappa shape index (κ2) is 4.23. The fourth-order valence-corrected chi connectivity index (χ4v) is 0.991. The molecule has 0 aliphatic carbocycles. The van der Waals surface area contributed by atoms with E-state index < -0.39 is 17.7 Å². The molecule has 3 amide bonds. The van der Waals surface area contributed by atoms with Crippen LogP contribution >= 0.6 is 0 Å². The second-order valence-corrected chi connectivity index (χ2v) is 2.73. The summed E-state index contributed by atoms with van der Waals surface area (Å²) in [4.78, 5) is 32.4. The van der Waals surface area contributed by atoms with E-state index in [0.717, 1.165) is 0 Å². The zero-order chi connectivity index (χ0) is 11.4. The molecule has 0 aliphatic heterocycles. The highest BCUT2D eigenvalue weighted by molar-refractivity contribution is 6.39. The molecule has 0 radical (unpaired) electrons. The highest BCUT2D eigenvalue weighted by Gasteiger charge is 2.13. The molecule has 0 unspecified atom stereocenters. The van der Waals surface area contributed by atoms with Crippen molar-refractivity contribution in [3.05, 3.63) is 29.8 Å². The lowest BCUT2D eigenvalue weighted by Crippen LogP contribution is -2.30. The minimum absolute atomic E-state index is 0.118. The van der Waals surface area contributed by atoms with E-state index in [0.29, 0.717) is 0 Å². The summed E-state index contributed by atoms with van der Waals surface area (Å²) in [6.07, 6.45) is 0. The number of benzene rings is 1. The first-order valence-corrected chi connectivity index (χ1v) is 4.02. The van der Waals surface area contributed by atoms with Crippen LogP contribution in [-0.2, 0) is 9.59 Å². The van der Waals surface area contributed by atoms with E-state index in [1.165, 1.54) is 12.1 Å². The Morgan fingerprint density at radius 1 is 1.07 bits per heavy atom. The largest absolute Gasteiger partial charge is 0.366 e. The summed E-state index contributed by atoms with van der Waals surface area (Å²) in [6.45, 7) is 0. The number of carbonyl (C=O) groups is 3. The van der Waals surface area contributed by atoms with E-state index in [2.05, 4.69) is 5.32 Å². The number of hydrogen-bond donors (Lipinski definition) is 3. The van der Waals surface area contributed by atoms with Crippen LogP contribution in [0, 0.1) is 0 Å². The van der Waals surface area contributed by atoms with Gasteiger partial charge in [0.25, 0.3) is 5.91 Å². The van der Waals surface area contributed by atoms with Crippen molar-refractivity contribution in [1.82, 2.24) is 0 Å². The molecule has 5 N–H and O–H groups in total. The van der Waals surface area contributed by atoms with Crippen molar-refractivity contribution >= 4 is 23.4 Å². The van der Waals surface area contributed by atoms with Gasteiger partial charge in [-0.1, -0.05) is 12.1 Å². The van der Waals surface area contributed by atoms with Crippen molar-refractivity contribution in [1.29, 1.82) is 0 Å². The van der Waals surface area contributed by atoms with Crippen molar-refractivity contribution in [3.63, 3.8) is 0 Å². The second-order valence-electron chi connectivity index (χ2n) is 2.73. The molecule has 0 bridgehead atoms. The van der Waals surface area contributed by atoms with Gasteiger partial charge >= 0.3 is 11.8 Å². The maximum Gasteiger partial charge on any atom is 0.313 e. The van der Waals surface area contributed by atoms with Crippen LogP contribution in [0.5, 0.6) is 0 Å². The quantitative estimate of drug-likeness (QED) is 0.552. The van der Waals surface area contributed by atoms with Gasteiger partial charge < -0.3 is 16.8 Å². The molecule has 0 aromatic heterocycles. The molecule has 0 aliphatic rings. The summed E-state index contributed by atoms with van der Waals surface area (Å²) in [5.74, 6) is -2.83. The molecule has 0 spiro atoms. The number of carbonyl (C=O) groups excluding carboxylic acids is 3. The molecule has 6 nitrogen and oxygen atoms in total. The summed E-state index contributed by atoms with van der Waals surface area (Å²) < 4.78 is 0. The Balaban J connectivity index is 2.99. The van der Waals surface area contributed by atoms with Crippen molar-refractivity contribution in [2.45, 2.75) is 0 Å². The van der Waals surface area contributed by atoms with E-state index >= 15 is 0 Å². The van der Waals surface area contributed by atoms with Gasteiger partial charge in [-0.3, -0.25) is 14.4 Å². The van der Waals surface area contributed by atoms with Gasteiger partial charge in [0.05, 0.1) is 11.3 Å². The number of hydrogen-bond acceptors (Lipinski definition) is 3. The Bertz CT molecular complexity index is 428. The fourth-order valence-electron chi connectivity index (χ4n) is 0.991. The number of nitrogens with two attached hydrogens (primary N) is 2. The molecule has 78 valence electrons. The topological polar surface area (TPSA) is 115 Å². The third-order valence-corrected chi connectivity index (χ3v) is 1.66. The molecule has 0 heterocycles. The predicted molar refractivity (Wildman–Crippen MR) is 52.8 cm³/mol. The molecule has 1 aromatic rings. The third kappa shape index (κ3) is 2.53. The average molecular weight is 207 g/mol. The maximum absolute atomic E-state index is 10.9. The third-order valence-electron chi connectivity index (χ3n) is 1.66. The Morgan fingerprint density at radius 3 is 2.20 bits per heavy atom. The number of primary amides is 2. The maximum atomic E-state index is 10.9. The van der Waals surface area contributed by atoms with Gasteiger partial charge in [0.15, 0.2) is 0 Å². The van der Waals surface area contributed by atoms with Gasteiger partial charge in [-0.2, -0.15) is 0 Å². The standard InChI is InChI=1S/C9H9N3O3/c10-7(13)5-3-1-2-4-6(5)12-9(15)8(11)14/h1-4H,(H2,10,13)(H2,11,14)(H,12,15). The van der Waals surface area contributed by atoms with Crippen LogP contribution in [0.15, 0.2) is 24.3 Å². The van der Waals surface area contributed by atoms with Crippen molar-refractivity contribution in [3.8, 4) is 0 Å². The lowest BCUT2D eigenvalue weighted by Gasteiger charge is -2.06. The van der Waals surface area contributed by atoms with E-state index in [9.17, 15) is 14.4 Å². The van der Waals surface area contributed by atoms with Gasteiger partial charge in [0.1, 0.15) is 0 Å². The SMILES string of the molecule is NC(=O)C(=O)Nc1ccccc1C(N)=O. The van der Waals surface area contributed by atoms with Gasteiger partial charge in [-0.05, 0) is 12.1 Å². The summed E-state index contributed by atoms with van der Waals surface area (Å²) in [7, 11) is 0. The highest BCUT2D eigenvalue weighted by atomic mass is 16.2. The molecule has 0 saturated heterocycles. The van der Waals surface area contributed by atoms with Crippen LogP contribution < -0.4 is 16.8 Å². The average Bonchev–Trinajstić information content (AvgIpc) is 2.18. The Kier molecular flexibility index (Phi) is 3.02. The molecule has 1 aromatic carbocycles. The Hall–Kier alpha value is -2.37. The molecule has 1 rings (SSSR count). The van der Waals surface area contributed by atoms with Crippen molar-refractivity contribution in [2.24, 2.45) is 11.5 Å². The molecule has 0 saturated carbocycles. The first kappa shape index (κ1) is 10.7. The van der Waals surface area contributed by atoms with E-state index in [1.54, 1.807) is 12.1 Å². The molecule has 0 atom stereocenters. The lowest BCUT2D eigenvalue weighted by atomic mass is 10.1. The molecular weight excluding hydrogens is 198 g/mol. The summed E-state index contributed by atoms with van der Waals surface area (Å²) in [5, 5.41) is 2.18. The summed E-state index contributed by atoms with van der Waals surface area (Å²) in [5.41, 5.74) is 10.1. The lowest BCUT2D eigenvalue weighted by molar-refractivity contribution is -0.134. The number of amides is 3. The first-order valence-electron chi connectivity index (χ1n) is 4.02. The van der Waals surface area contributed by atoms with Gasteiger partial charge in [0.2, 0.25) is 0 Å². The molecular formula is C9H9N3O3. The zero-order valence-electron chi connectivity index (χ0n) is 7.69. The van der Waals surface area contributed by atoms with Gasteiger partial charge in [-0.25, -0.2) is 0 Å². The van der Waals surface area contributed by atoms with Crippen LogP contribution in [0.4, 0.5) is 5.69 Å². The molecule has 0 fully saturated rings. The summed E-state index contributed by atoms with van der Waals surface area (Å²) >= 11 is 0. The zero-order valence-corrected chi connectivity index (χ0v) is 7.69. The number of para-hydroxylation sites is 1. The van der Waals surface area contributed by atoms with E-state index in [4.69, 9.17) is 11.5 Å². The predicted octanol–water partition coefficient (Wildman–Crippen LogP) is -0.791. The molecule has 15 heavy (non-hydrogen) atoms. The number of rotatable bonds is 2. The minimum atomic E-state index is -1.13. The van der Waals surface area contributed by atoms with Crippen molar-refractivity contribution < 1.29 is 14.4 Å². The Labute approximate surface area is 85.2 Å². The van der Waals surface area contributed by atoms with Crippen LogP contribution in [0.25, 0.3) is 0 Å². The van der Waals surface area contributed by atoms with Crippen LogP contribution in [0.2, 0.25) is 0 Å². The van der Waals surface area contributed by atoms with Crippen LogP contribution in [0.3, 0.4) is 0 Å². The fraction of sp³-hybridized carbons (Fsp3) is 0. The highest BCUT2D eigenvalue weighted by Crippen LogP contribution is 2.13. The molecule has 6 heteroatoms. The number of anilines is 1. The normalized spacial score (nSPS) is 9.33. The number of nitrogens with one attached hydrogen (secondary N) is 1. The van der Waals surface area contributed by atoms with Gasteiger partial charge in [0, 0.05) is 0 Å². The smallest absolute Gasteiger partial charge is 0.313 e. The summed E-state index contributed by atoms with van der Waals surface area (Å²) in [6, 6.07) is 6.04. The van der Waals surface area contributed by atoms with Crippen LogP contribution in [0.1, 0.15) is 10.4 Å². The van der Waals surface area contributed by atoms with Gasteiger partial charge in [-0.15, -0.1) is 0 Å².